The van der Waals surface area contributed by atoms with Crippen molar-refractivity contribution in [3.05, 3.63) is 33.1 Å². The van der Waals surface area contributed by atoms with E-state index in [1.54, 1.807) is 0 Å². The molecular weight excluding hydrogens is 272 g/mol. The van der Waals surface area contributed by atoms with Gasteiger partial charge in [-0.3, -0.25) is 14.3 Å². The second-order valence-electron chi connectivity index (χ2n) is 4.10. The van der Waals surface area contributed by atoms with E-state index in [-0.39, 0.29) is 0 Å². The molecule has 0 radical (unpaired) electrons. The molecule has 2 rings (SSSR count). The van der Waals surface area contributed by atoms with Crippen molar-refractivity contribution in [1.29, 1.82) is 0 Å². The van der Waals surface area contributed by atoms with Crippen LogP contribution in [0.3, 0.4) is 0 Å². The first-order chi connectivity index (χ1) is 8.95. The zero-order valence-corrected chi connectivity index (χ0v) is 10.4. The molecule has 0 saturated carbocycles. The molecule has 0 aromatic carbocycles. The summed E-state index contributed by atoms with van der Waals surface area (Å²) in [6, 6.07) is 1.13. The Morgan fingerprint density at radius 3 is 2.68 bits per heavy atom. The lowest BCUT2D eigenvalue weighted by atomic mass is 10.1. The number of aliphatic hydroxyl groups is 3. The number of aromatic nitrogens is 2. The maximum Gasteiger partial charge on any atom is 0.329 e. The molecule has 5 atom stereocenters. The Labute approximate surface area is 111 Å². The van der Waals surface area contributed by atoms with Crippen LogP contribution in [0.4, 0.5) is 0 Å². The highest BCUT2D eigenvalue weighted by Crippen LogP contribution is 2.42. The van der Waals surface area contributed by atoms with E-state index in [2.05, 4.69) is 10.9 Å². The number of terminal acetylenes is 1. The molecule has 0 bridgehead atoms. The zero-order chi connectivity index (χ0) is 14.2. The summed E-state index contributed by atoms with van der Waals surface area (Å²) in [5.74, 6) is 2.07. The van der Waals surface area contributed by atoms with Crippen molar-refractivity contribution in [3.8, 4) is 12.3 Å². The number of hydrogen-bond donors (Lipinski definition) is 4. The summed E-state index contributed by atoms with van der Waals surface area (Å²) in [6.07, 6.45) is 2.51. The molecule has 0 aliphatic carbocycles. The van der Waals surface area contributed by atoms with Gasteiger partial charge in [0.15, 0.2) is 0 Å². The van der Waals surface area contributed by atoms with Crippen LogP contribution in [0.5, 0.6) is 0 Å². The molecule has 19 heavy (non-hydrogen) atoms. The minimum atomic E-state index is -1.28. The molecule has 1 aromatic rings. The van der Waals surface area contributed by atoms with Crippen LogP contribution in [0.1, 0.15) is 5.37 Å². The van der Waals surface area contributed by atoms with Gasteiger partial charge >= 0.3 is 5.69 Å². The van der Waals surface area contributed by atoms with Gasteiger partial charge in [-0.15, -0.1) is 18.2 Å². The van der Waals surface area contributed by atoms with E-state index in [4.69, 9.17) is 6.42 Å². The summed E-state index contributed by atoms with van der Waals surface area (Å²) in [7, 11) is 0. The number of H-pyrrole nitrogens is 1. The fourth-order valence-corrected chi connectivity index (χ4v) is 3.39. The number of hydrogen-bond acceptors (Lipinski definition) is 6. The fraction of sp³-hybridized carbons (Fsp3) is 0.455. The third kappa shape index (κ3) is 2.46. The number of nitrogens with zero attached hydrogens (tertiary/aromatic N) is 1. The largest absolute Gasteiger partial charge is 0.389 e. The average Bonchev–Trinajstić information content (AvgIpc) is 2.66. The second kappa shape index (κ2) is 5.22. The number of aliphatic hydroxyl groups excluding tert-OH is 3. The molecule has 8 heteroatoms. The van der Waals surface area contributed by atoms with Gasteiger partial charge in [0.25, 0.3) is 5.56 Å². The summed E-state index contributed by atoms with van der Waals surface area (Å²) < 4.78 is 1.09. The van der Waals surface area contributed by atoms with Gasteiger partial charge in [0, 0.05) is 12.3 Å². The topological polar surface area (TPSA) is 116 Å². The fourth-order valence-electron chi connectivity index (χ4n) is 1.90. The summed E-state index contributed by atoms with van der Waals surface area (Å²) >= 11 is 0.981. The van der Waals surface area contributed by atoms with E-state index < -0.39 is 40.2 Å². The first-order valence-corrected chi connectivity index (χ1v) is 6.37. The Morgan fingerprint density at radius 1 is 1.42 bits per heavy atom. The van der Waals surface area contributed by atoms with Gasteiger partial charge in [-0.2, -0.15) is 0 Å². The SMILES string of the molecule is C#CC(O)[C@H]1S[C@@H](n2ccc(=O)[nH]c2=O)[C@@H](O)[C@@H]1O. The van der Waals surface area contributed by atoms with Gasteiger partial charge in [-0.25, -0.2) is 4.79 Å². The van der Waals surface area contributed by atoms with Crippen molar-refractivity contribution >= 4 is 11.8 Å². The number of thioether (sulfide) groups is 1. The molecule has 2 heterocycles. The van der Waals surface area contributed by atoms with E-state index in [0.29, 0.717) is 0 Å². The molecule has 0 amide bonds. The van der Waals surface area contributed by atoms with Crippen LogP contribution in [-0.4, -0.2) is 48.4 Å². The van der Waals surface area contributed by atoms with Crippen molar-refractivity contribution in [3.63, 3.8) is 0 Å². The van der Waals surface area contributed by atoms with E-state index in [1.165, 1.54) is 6.20 Å². The van der Waals surface area contributed by atoms with Crippen LogP contribution >= 0.6 is 11.8 Å². The summed E-state index contributed by atoms with van der Waals surface area (Å²) in [4.78, 5) is 24.6. The van der Waals surface area contributed by atoms with Gasteiger partial charge in [0.2, 0.25) is 0 Å². The average molecular weight is 284 g/mol. The van der Waals surface area contributed by atoms with Crippen molar-refractivity contribution in [2.24, 2.45) is 0 Å². The van der Waals surface area contributed by atoms with E-state index >= 15 is 0 Å². The molecule has 1 fully saturated rings. The van der Waals surface area contributed by atoms with Crippen LogP contribution in [0.2, 0.25) is 0 Å². The molecule has 102 valence electrons. The summed E-state index contributed by atoms with van der Waals surface area (Å²) in [6.45, 7) is 0. The van der Waals surface area contributed by atoms with Crippen molar-refractivity contribution < 1.29 is 15.3 Å². The number of aromatic amines is 1. The van der Waals surface area contributed by atoms with Crippen LogP contribution in [0, 0.1) is 12.3 Å². The maximum atomic E-state index is 11.6. The molecule has 1 aliphatic rings. The predicted octanol–water partition coefficient (Wildman–Crippen LogP) is -2.13. The Hall–Kier alpha value is -1.53. The summed E-state index contributed by atoms with van der Waals surface area (Å²) in [5, 5.41) is 27.7. The van der Waals surface area contributed by atoms with Crippen molar-refractivity contribution in [1.82, 2.24) is 9.55 Å². The molecule has 7 nitrogen and oxygen atoms in total. The minimum Gasteiger partial charge on any atom is -0.389 e. The van der Waals surface area contributed by atoms with E-state index in [1.807, 2.05) is 0 Å². The highest BCUT2D eigenvalue weighted by Gasteiger charge is 2.46. The molecule has 1 aliphatic heterocycles. The zero-order valence-electron chi connectivity index (χ0n) is 9.63. The Bertz CT molecular complexity index is 618. The third-order valence-corrected chi connectivity index (χ3v) is 4.52. The highest BCUT2D eigenvalue weighted by atomic mass is 32.2. The van der Waals surface area contributed by atoms with Crippen molar-refractivity contribution in [2.75, 3.05) is 0 Å². The molecule has 4 N–H and O–H groups in total. The van der Waals surface area contributed by atoms with Crippen molar-refractivity contribution in [2.45, 2.75) is 28.9 Å². The van der Waals surface area contributed by atoms with Gasteiger partial charge in [-0.05, 0) is 0 Å². The lowest BCUT2D eigenvalue weighted by Gasteiger charge is -2.17. The highest BCUT2D eigenvalue weighted by molar-refractivity contribution is 8.00. The quantitative estimate of drug-likeness (QED) is 0.461. The monoisotopic (exact) mass is 284 g/mol. The van der Waals surface area contributed by atoms with Crippen LogP contribution in [0.25, 0.3) is 0 Å². The normalized spacial score (nSPS) is 31.9. The predicted molar refractivity (Wildman–Crippen MR) is 68.6 cm³/mol. The molecular formula is C11H12N2O5S. The maximum absolute atomic E-state index is 11.6. The minimum absolute atomic E-state index is 0.556. The Kier molecular flexibility index (Phi) is 3.82. The van der Waals surface area contributed by atoms with Crippen LogP contribution < -0.4 is 11.2 Å². The van der Waals surface area contributed by atoms with Gasteiger partial charge < -0.3 is 15.3 Å². The first kappa shape index (κ1) is 13.9. The number of rotatable bonds is 2. The van der Waals surface area contributed by atoms with E-state index in [0.717, 1.165) is 22.4 Å². The van der Waals surface area contributed by atoms with E-state index in [9.17, 15) is 24.9 Å². The second-order valence-corrected chi connectivity index (χ2v) is 5.40. The smallest absolute Gasteiger partial charge is 0.329 e. The Balaban J connectivity index is 2.35. The lowest BCUT2D eigenvalue weighted by Crippen LogP contribution is -2.39. The first-order valence-electron chi connectivity index (χ1n) is 5.43. The summed E-state index contributed by atoms with van der Waals surface area (Å²) in [5.41, 5.74) is -1.26. The van der Waals surface area contributed by atoms with Gasteiger partial charge in [0.1, 0.15) is 17.6 Å². The molecule has 0 spiro atoms. The molecule has 1 unspecified atom stereocenters. The number of nitrogens with one attached hydrogen (secondary N) is 1. The van der Waals surface area contributed by atoms with Crippen LogP contribution in [0.15, 0.2) is 21.9 Å². The molecule has 1 saturated heterocycles. The lowest BCUT2D eigenvalue weighted by molar-refractivity contribution is 0.00373. The van der Waals surface area contributed by atoms with Gasteiger partial charge in [-0.1, -0.05) is 5.92 Å². The molecule has 1 aromatic heterocycles. The Morgan fingerprint density at radius 2 is 2.11 bits per heavy atom. The standard InChI is InChI=1S/C11H12N2O5S/c1-2-5(14)9-7(16)8(17)10(19-9)13-4-3-6(15)12-11(13)18/h1,3-5,7-10,14,16-17H,(H,12,15,18)/t5?,7-,8-,9+,10+/m0/s1. The van der Waals surface area contributed by atoms with Crippen LogP contribution in [-0.2, 0) is 0 Å². The third-order valence-electron chi connectivity index (χ3n) is 2.88. The van der Waals surface area contributed by atoms with Gasteiger partial charge in [0.05, 0.1) is 11.4 Å².